The number of hydrogen-bond acceptors (Lipinski definition) is 14. The van der Waals surface area contributed by atoms with E-state index in [0.29, 0.717) is 39.8 Å². The first-order valence-electron chi connectivity index (χ1n) is 44.0. The van der Waals surface area contributed by atoms with E-state index >= 15 is 0 Å². The van der Waals surface area contributed by atoms with Crippen molar-refractivity contribution >= 4 is 186 Å². The van der Waals surface area contributed by atoms with E-state index in [1.165, 1.54) is 67.5 Å². The predicted molar refractivity (Wildman–Crippen MR) is 566 cm³/mol. The Kier molecular flexibility index (Phi) is 28.0. The molecule has 15 aromatic carbocycles. The third-order valence-electron chi connectivity index (χ3n) is 23.6. The second kappa shape index (κ2) is 41.2. The van der Waals surface area contributed by atoms with E-state index in [2.05, 4.69) is 479 Å². The second-order valence-corrected chi connectivity index (χ2v) is 54.3. The first-order valence-corrected chi connectivity index (χ1v) is 58.8. The zero-order chi connectivity index (χ0) is 88.6. The van der Waals surface area contributed by atoms with Gasteiger partial charge in [-0.2, -0.15) is 0 Å². The van der Waals surface area contributed by atoms with Crippen molar-refractivity contribution in [2.45, 2.75) is 40.9 Å². The van der Waals surface area contributed by atoms with Crippen molar-refractivity contribution in [3.05, 3.63) is 437 Å². The molecule has 17 heteroatoms. The molecule has 654 valence electrons. The number of para-hydroxylation sites is 8. The number of nitrogens with zero attached hydrogens (tertiary/aromatic N) is 4. The molecule has 3 aliphatic heterocycles. The Hall–Kier alpha value is -11.7. The van der Waals surface area contributed by atoms with E-state index in [-0.39, 0.29) is 26.1 Å². The van der Waals surface area contributed by atoms with E-state index in [4.69, 9.17) is 28.4 Å². The second-order valence-electron chi connectivity index (χ2n) is 33.1. The largest absolute Gasteiger partial charge is 0.346 e. The maximum atomic E-state index is 5.90. The van der Waals surface area contributed by atoms with Crippen molar-refractivity contribution in [2.75, 3.05) is 59.4 Å². The zero-order valence-electron chi connectivity index (χ0n) is 72.4. The van der Waals surface area contributed by atoms with Gasteiger partial charge in [-0.05, 0) is 211 Å². The van der Waals surface area contributed by atoms with Crippen LogP contribution in [0.2, 0.25) is 14.8 Å². The Labute approximate surface area is 809 Å². The Morgan fingerprint density at radius 2 is 0.477 bits per heavy atom. The fourth-order valence-electron chi connectivity index (χ4n) is 17.2. The van der Waals surface area contributed by atoms with E-state index in [0.717, 1.165) is 109 Å². The van der Waals surface area contributed by atoms with Crippen molar-refractivity contribution in [3.63, 3.8) is 0 Å². The topological polar surface area (TPSA) is 68.3 Å². The molecule has 0 spiro atoms. The van der Waals surface area contributed by atoms with Gasteiger partial charge in [0.25, 0.3) is 0 Å². The zero-order valence-corrected chi connectivity index (χ0v) is 81.7. The molecule has 10 nitrogen and oxygen atoms in total. The molecule has 19 aromatic rings. The van der Waals surface area contributed by atoms with Crippen LogP contribution in [-0.2, 0) is 28.4 Å². The summed E-state index contributed by atoms with van der Waals surface area (Å²) in [5, 5.41) is 0. The summed E-state index contributed by atoms with van der Waals surface area (Å²) in [6.07, 6.45) is -0.528. The molecule has 0 bridgehead atoms. The van der Waals surface area contributed by atoms with Crippen molar-refractivity contribution in [2.24, 2.45) is 0 Å². The van der Waals surface area contributed by atoms with Crippen LogP contribution in [0.15, 0.2) is 420 Å². The Morgan fingerprint density at radius 1 is 0.250 bits per heavy atom. The molecule has 132 heavy (non-hydrogen) atoms. The average Bonchev–Trinajstić information content (AvgIpc) is 1.57. The summed E-state index contributed by atoms with van der Waals surface area (Å²) in [4.78, 5) is 18.9. The molecule has 0 saturated carbocycles. The predicted octanol–water partition coefficient (Wildman–Crippen LogP) is 34.3. The summed E-state index contributed by atoms with van der Waals surface area (Å²) >= 11 is 13.4. The van der Waals surface area contributed by atoms with Gasteiger partial charge in [-0.25, -0.2) is 0 Å². The third kappa shape index (κ3) is 19.5. The normalized spacial score (nSPS) is 13.8. The summed E-state index contributed by atoms with van der Waals surface area (Å²) in [6, 6.07) is 147. The summed E-state index contributed by atoms with van der Waals surface area (Å²) in [6.45, 7) is 3.55. The van der Waals surface area contributed by atoms with Gasteiger partial charge < -0.3 is 38.5 Å². The quantitative estimate of drug-likeness (QED) is 0.0613. The molecular formula is C115H96Br2N4O6S4Sn. The molecule has 3 saturated heterocycles. The van der Waals surface area contributed by atoms with Crippen LogP contribution in [0.1, 0.15) is 42.8 Å². The summed E-state index contributed by atoms with van der Waals surface area (Å²) in [7, 11) is 0. The molecule has 0 aliphatic carbocycles. The van der Waals surface area contributed by atoms with E-state index in [9.17, 15) is 0 Å². The first-order chi connectivity index (χ1) is 64.5. The maximum Gasteiger partial charge on any atom is 0.184 e. The molecular weight excluding hydrogens is 1940 g/mol. The number of hydrogen-bond donors (Lipinski definition) is 0. The van der Waals surface area contributed by atoms with Crippen LogP contribution in [0.25, 0.3) is 84.2 Å². The van der Waals surface area contributed by atoms with Crippen LogP contribution < -0.4 is 23.2 Å². The van der Waals surface area contributed by atoms with Gasteiger partial charge in [-0.3, -0.25) is 0 Å². The molecule has 1 unspecified atom stereocenters. The molecule has 4 aromatic heterocycles. The molecule has 7 heterocycles. The molecule has 1 atom stereocenters. The smallest absolute Gasteiger partial charge is 0.184 e. The standard InChI is InChI=1S/C60H46N2O4S2.C42H28Br2N2S2.C9H9O2.CH4.3CH3.Sn/c1-5-13-47(14-6-1)61(48-15-7-2-8-16-48)51-33-29-41(30-34-51)53-55(43-21-25-45(26-22-43)59-63-37-38-64-59)67-58-54(56(68-57(53)58)44-23-27-46(28-24-44)60-65-39-40-66-60)42-31-35-52(36-32-42)62(49-17-9-3-10-18-49)50-19-11-4-12-20-50;43-41-37(29-21-25-35(26-22-29)45(31-13-5-1-6-14-31)32-15-7-2-8-16-32)39-40(48-41)38(42(44)47-39)30-23-27-36(28-24-30)46(33-17-9-3-10-18-33)34-19-11-4-12-20-34;1-2-4-8(5-3-1)9-6-10-7-11-9;;;;;/h1-36,59-60H,37-40H2;1-28H;2-5,9H,6-7H2;1H4;3*1H3;. The van der Waals surface area contributed by atoms with Crippen LogP contribution in [0, 0.1) is 0 Å². The number of benzene rings is 15. The molecule has 0 radical (unpaired) electrons. The molecule has 0 N–H and O–H groups in total. The SMILES string of the molecule is Brc1sc2c(-c3ccc(N(c4ccccc4)c4ccccc4)cc3)c(Br)sc2c1-c1ccc(N(c2ccccc2)c2ccccc2)cc1.C.[CH3][Sn]([CH3])([CH3])[c]1ccc(C2COCO2)cc1.c1ccc(N(c2ccccc2)c2ccc(-c3c(-c4ccc(C5OCCO5)cc4)sc4c(-c5ccc(N(c6ccccc6)c6ccccc6)cc5)c(-c5ccc(C6OCCO6)cc5)sc34)cc2)cc1. The minimum absolute atomic E-state index is 0. The number of fused-ring (bicyclic) bond motifs is 2. The van der Waals surface area contributed by atoms with Gasteiger partial charge in [0.1, 0.15) is 0 Å². The van der Waals surface area contributed by atoms with Crippen molar-refractivity contribution < 1.29 is 28.4 Å². The maximum absolute atomic E-state index is 5.90. The Morgan fingerprint density at radius 3 is 0.720 bits per heavy atom. The van der Waals surface area contributed by atoms with Gasteiger partial charge >= 0.3 is 95.6 Å². The third-order valence-corrected chi connectivity index (χ3v) is 36.1. The number of halogens is 2. The average molecular weight is 2040 g/mol. The monoisotopic (exact) mass is 2030 g/mol. The van der Waals surface area contributed by atoms with Gasteiger partial charge in [-0.15, -0.1) is 45.3 Å². The molecule has 3 aliphatic rings. The molecule has 3 fully saturated rings. The van der Waals surface area contributed by atoms with Gasteiger partial charge in [0.05, 0.1) is 52.8 Å². The van der Waals surface area contributed by atoms with Gasteiger partial charge in [0.2, 0.25) is 0 Å². The van der Waals surface area contributed by atoms with Gasteiger partial charge in [0.15, 0.2) is 12.6 Å². The molecule has 0 amide bonds. The Bertz CT molecular complexity index is 6440. The fourth-order valence-corrected chi connectivity index (χ4v) is 28.0. The van der Waals surface area contributed by atoms with E-state index < -0.39 is 18.4 Å². The number of ether oxygens (including phenoxy) is 6. The van der Waals surface area contributed by atoms with Crippen molar-refractivity contribution in [1.29, 1.82) is 0 Å². The van der Waals surface area contributed by atoms with Crippen LogP contribution in [0.3, 0.4) is 0 Å². The summed E-state index contributed by atoms with van der Waals surface area (Å²) in [5.41, 5.74) is 28.5. The molecule has 22 rings (SSSR count). The van der Waals surface area contributed by atoms with Crippen molar-refractivity contribution in [1.82, 2.24) is 0 Å². The Balaban J connectivity index is 0.000000152. The van der Waals surface area contributed by atoms with Crippen LogP contribution in [0.5, 0.6) is 0 Å². The van der Waals surface area contributed by atoms with E-state index in [1.54, 1.807) is 26.3 Å². The number of rotatable bonds is 22. The van der Waals surface area contributed by atoms with Crippen molar-refractivity contribution in [3.8, 4) is 65.4 Å². The fraction of sp³-hybridized carbons (Fsp3) is 0.113. The summed E-state index contributed by atoms with van der Waals surface area (Å²) in [5.74, 6) is 0. The number of thiophene rings is 4. The van der Waals surface area contributed by atoms with E-state index in [1.807, 2.05) is 22.7 Å². The van der Waals surface area contributed by atoms with Crippen LogP contribution in [-0.4, -0.2) is 58.2 Å². The minimum atomic E-state index is -1.88. The van der Waals surface area contributed by atoms with Crippen LogP contribution in [0.4, 0.5) is 68.2 Å². The summed E-state index contributed by atoms with van der Waals surface area (Å²) < 4.78 is 43.2. The number of anilines is 12. The van der Waals surface area contributed by atoms with Gasteiger partial charge in [0, 0.05) is 111 Å². The van der Waals surface area contributed by atoms with Gasteiger partial charge in [-0.1, -0.05) is 250 Å². The van der Waals surface area contributed by atoms with Crippen LogP contribution >= 0.6 is 77.2 Å². The first kappa shape index (κ1) is 89.6. The minimum Gasteiger partial charge on any atom is -0.346 e.